The Morgan fingerprint density at radius 2 is 2.25 bits per heavy atom. The van der Waals surface area contributed by atoms with Crippen LogP contribution in [0, 0.1) is 6.92 Å². The van der Waals surface area contributed by atoms with Crippen LogP contribution in [0.3, 0.4) is 0 Å². The molecule has 1 fully saturated rings. The number of aryl methyl sites for hydroxylation is 1. The number of aromatic nitrogens is 1. The highest BCUT2D eigenvalue weighted by Crippen LogP contribution is 2.13. The van der Waals surface area contributed by atoms with Gasteiger partial charge in [-0.3, -0.25) is 14.6 Å². The molecule has 2 heterocycles. The average molecular weight is 277 g/mol. The zero-order valence-electron chi connectivity index (χ0n) is 11.7. The van der Waals surface area contributed by atoms with Crippen molar-refractivity contribution in [2.75, 3.05) is 13.1 Å². The van der Waals surface area contributed by atoms with Gasteiger partial charge in [-0.15, -0.1) is 0 Å². The number of carbonyl (C=O) groups excluding carboxylic acids is 2. The average Bonchev–Trinajstić information content (AvgIpc) is 2.41. The van der Waals surface area contributed by atoms with Crippen LogP contribution in [-0.4, -0.2) is 52.0 Å². The number of aliphatic hydroxyl groups is 1. The summed E-state index contributed by atoms with van der Waals surface area (Å²) < 4.78 is 0. The number of pyridine rings is 1. The van der Waals surface area contributed by atoms with E-state index in [0.29, 0.717) is 18.5 Å². The first-order valence-corrected chi connectivity index (χ1v) is 6.64. The molecule has 0 aliphatic carbocycles. The Morgan fingerprint density at radius 3 is 2.85 bits per heavy atom. The lowest BCUT2D eigenvalue weighted by atomic mass is 10.0. The first-order valence-electron chi connectivity index (χ1n) is 6.64. The minimum atomic E-state index is -0.742. The van der Waals surface area contributed by atoms with E-state index >= 15 is 0 Å². The van der Waals surface area contributed by atoms with Crippen molar-refractivity contribution in [1.29, 1.82) is 0 Å². The van der Waals surface area contributed by atoms with Crippen molar-refractivity contribution in [3.63, 3.8) is 0 Å². The molecule has 1 aromatic rings. The fourth-order valence-electron chi connectivity index (χ4n) is 2.33. The predicted molar refractivity (Wildman–Crippen MR) is 73.1 cm³/mol. The normalized spacial score (nSPS) is 22.4. The molecule has 1 aliphatic heterocycles. The molecular formula is C14H19N3O3. The zero-order chi connectivity index (χ0) is 14.7. The summed E-state index contributed by atoms with van der Waals surface area (Å²) in [6, 6.07) is 1.43. The summed E-state index contributed by atoms with van der Waals surface area (Å²) in [7, 11) is 0. The molecule has 20 heavy (non-hydrogen) atoms. The van der Waals surface area contributed by atoms with E-state index in [1.807, 2.05) is 6.92 Å². The van der Waals surface area contributed by atoms with Crippen LogP contribution in [0.1, 0.15) is 29.3 Å². The molecule has 0 aromatic carbocycles. The highest BCUT2D eigenvalue weighted by atomic mass is 16.3. The summed E-state index contributed by atoms with van der Waals surface area (Å²) in [5, 5.41) is 12.8. The van der Waals surface area contributed by atoms with Crippen molar-refractivity contribution in [1.82, 2.24) is 15.2 Å². The third-order valence-corrected chi connectivity index (χ3v) is 3.63. The Bertz CT molecular complexity index is 518. The van der Waals surface area contributed by atoms with Crippen molar-refractivity contribution in [3.05, 3.63) is 29.6 Å². The van der Waals surface area contributed by atoms with E-state index < -0.39 is 6.10 Å². The fourth-order valence-corrected chi connectivity index (χ4v) is 2.33. The van der Waals surface area contributed by atoms with Crippen LogP contribution in [0.5, 0.6) is 0 Å². The van der Waals surface area contributed by atoms with E-state index in [-0.39, 0.29) is 24.4 Å². The van der Waals surface area contributed by atoms with Gasteiger partial charge in [0.05, 0.1) is 17.7 Å². The fraction of sp³-hybridized carbons (Fsp3) is 0.500. The second kappa shape index (κ2) is 6.00. The summed E-state index contributed by atoms with van der Waals surface area (Å²) in [5.41, 5.74) is 1.35. The molecule has 0 bridgehead atoms. The number of amides is 2. The lowest BCUT2D eigenvalue weighted by Gasteiger charge is -2.35. The molecule has 2 amide bonds. The molecule has 1 saturated heterocycles. The summed E-state index contributed by atoms with van der Waals surface area (Å²) >= 11 is 0. The first-order chi connectivity index (χ1) is 9.49. The van der Waals surface area contributed by atoms with Crippen LogP contribution < -0.4 is 5.32 Å². The molecule has 6 heteroatoms. The third-order valence-electron chi connectivity index (χ3n) is 3.63. The minimum absolute atomic E-state index is 0.0584. The van der Waals surface area contributed by atoms with Gasteiger partial charge < -0.3 is 15.3 Å². The maximum absolute atomic E-state index is 12.2. The second-order valence-electron chi connectivity index (χ2n) is 5.09. The highest BCUT2D eigenvalue weighted by Gasteiger charge is 2.30. The van der Waals surface area contributed by atoms with E-state index in [9.17, 15) is 14.7 Å². The summed E-state index contributed by atoms with van der Waals surface area (Å²) in [6.45, 7) is 4.12. The maximum atomic E-state index is 12.2. The Labute approximate surface area is 117 Å². The van der Waals surface area contributed by atoms with Gasteiger partial charge in [0.1, 0.15) is 0 Å². The Kier molecular flexibility index (Phi) is 4.34. The van der Waals surface area contributed by atoms with Gasteiger partial charge in [-0.1, -0.05) is 0 Å². The molecule has 1 aromatic heterocycles. The number of β-amino-alcohol motifs (C(OH)–C–C–N with tert-alkyl or cyclic N) is 1. The van der Waals surface area contributed by atoms with E-state index in [1.165, 1.54) is 13.1 Å². The van der Waals surface area contributed by atoms with Gasteiger partial charge in [0.2, 0.25) is 5.91 Å². The lowest BCUT2D eigenvalue weighted by molar-refractivity contribution is -0.132. The number of nitrogens with zero attached hydrogens (tertiary/aromatic N) is 2. The van der Waals surface area contributed by atoms with E-state index in [1.54, 1.807) is 17.2 Å². The van der Waals surface area contributed by atoms with Crippen LogP contribution in [0.2, 0.25) is 0 Å². The number of hydrogen-bond donors (Lipinski definition) is 2. The predicted octanol–water partition coefficient (Wildman–Crippen LogP) is 0.102. The maximum Gasteiger partial charge on any atom is 0.253 e. The van der Waals surface area contributed by atoms with Crippen molar-refractivity contribution in [2.24, 2.45) is 0 Å². The number of piperidine rings is 1. The van der Waals surface area contributed by atoms with Crippen molar-refractivity contribution in [3.8, 4) is 0 Å². The molecule has 2 N–H and O–H groups in total. The second-order valence-corrected chi connectivity index (χ2v) is 5.09. The SMILES string of the molecule is CC(=O)N1CC[C@@H](NC(=O)c2cnccc2C)[C@H](O)C1. The molecule has 0 spiro atoms. The van der Waals surface area contributed by atoms with Crippen LogP contribution >= 0.6 is 0 Å². The lowest BCUT2D eigenvalue weighted by Crippen LogP contribution is -2.55. The van der Waals surface area contributed by atoms with Gasteiger partial charge in [-0.2, -0.15) is 0 Å². The van der Waals surface area contributed by atoms with Crippen LogP contribution in [0.4, 0.5) is 0 Å². The third kappa shape index (κ3) is 3.14. The van der Waals surface area contributed by atoms with Gasteiger partial charge >= 0.3 is 0 Å². The molecular weight excluding hydrogens is 258 g/mol. The molecule has 0 radical (unpaired) electrons. The summed E-state index contributed by atoms with van der Waals surface area (Å²) in [5.74, 6) is -0.298. The number of hydrogen-bond acceptors (Lipinski definition) is 4. The molecule has 6 nitrogen and oxygen atoms in total. The van der Waals surface area contributed by atoms with E-state index in [0.717, 1.165) is 5.56 Å². The van der Waals surface area contributed by atoms with Crippen molar-refractivity contribution in [2.45, 2.75) is 32.4 Å². The molecule has 0 unspecified atom stereocenters. The summed E-state index contributed by atoms with van der Waals surface area (Å²) in [4.78, 5) is 28.9. The molecule has 2 atom stereocenters. The number of carbonyl (C=O) groups is 2. The Morgan fingerprint density at radius 1 is 1.50 bits per heavy atom. The highest BCUT2D eigenvalue weighted by molar-refractivity contribution is 5.95. The molecule has 2 rings (SSSR count). The molecule has 108 valence electrons. The molecule has 1 aliphatic rings. The largest absolute Gasteiger partial charge is 0.389 e. The zero-order valence-corrected chi connectivity index (χ0v) is 11.7. The Hall–Kier alpha value is -1.95. The van der Waals surface area contributed by atoms with Gasteiger partial charge in [0.15, 0.2) is 0 Å². The van der Waals surface area contributed by atoms with E-state index in [4.69, 9.17) is 0 Å². The van der Waals surface area contributed by atoms with E-state index in [2.05, 4.69) is 10.3 Å². The molecule has 0 saturated carbocycles. The quantitative estimate of drug-likeness (QED) is 0.803. The van der Waals surface area contributed by atoms with Crippen LogP contribution in [0.25, 0.3) is 0 Å². The van der Waals surface area contributed by atoms with Crippen molar-refractivity contribution < 1.29 is 14.7 Å². The van der Waals surface area contributed by atoms with Crippen LogP contribution in [0.15, 0.2) is 18.5 Å². The standard InChI is InChI=1S/C14H19N3O3/c1-9-3-5-15-7-11(9)14(20)16-12-4-6-17(10(2)18)8-13(12)19/h3,5,7,12-13,19H,4,6,8H2,1-2H3,(H,16,20)/t12-,13-/m1/s1. The minimum Gasteiger partial charge on any atom is -0.389 e. The summed E-state index contributed by atoms with van der Waals surface area (Å²) in [6.07, 6.45) is 2.95. The van der Waals surface area contributed by atoms with Gasteiger partial charge in [-0.25, -0.2) is 0 Å². The smallest absolute Gasteiger partial charge is 0.253 e. The number of rotatable bonds is 2. The van der Waals surface area contributed by atoms with Gasteiger partial charge in [-0.05, 0) is 25.0 Å². The van der Waals surface area contributed by atoms with Crippen molar-refractivity contribution >= 4 is 11.8 Å². The number of likely N-dealkylation sites (tertiary alicyclic amines) is 1. The number of aliphatic hydroxyl groups excluding tert-OH is 1. The first kappa shape index (κ1) is 14.5. The monoisotopic (exact) mass is 277 g/mol. The Balaban J connectivity index is 1.99. The topological polar surface area (TPSA) is 82.5 Å². The van der Waals surface area contributed by atoms with Gasteiger partial charge in [0.25, 0.3) is 5.91 Å². The van der Waals surface area contributed by atoms with Gasteiger partial charge in [0, 0.05) is 32.4 Å². The number of nitrogens with one attached hydrogen (secondary N) is 1. The van der Waals surface area contributed by atoms with Crippen LogP contribution in [-0.2, 0) is 4.79 Å².